The van der Waals surface area contributed by atoms with Crippen molar-refractivity contribution in [3.8, 4) is 0 Å². The van der Waals surface area contributed by atoms with E-state index in [9.17, 15) is 4.79 Å². The highest BCUT2D eigenvalue weighted by Crippen LogP contribution is 2.20. The van der Waals surface area contributed by atoms with Gasteiger partial charge in [-0.2, -0.15) is 0 Å². The lowest BCUT2D eigenvalue weighted by atomic mass is 9.94. The summed E-state index contributed by atoms with van der Waals surface area (Å²) < 4.78 is 0. The molecule has 21 heavy (non-hydrogen) atoms. The maximum Gasteiger partial charge on any atom is 0.220 e. The fourth-order valence-corrected chi connectivity index (χ4v) is 2.88. The van der Waals surface area contributed by atoms with Gasteiger partial charge >= 0.3 is 0 Å². The van der Waals surface area contributed by atoms with E-state index in [1.54, 1.807) is 11.8 Å². The molecule has 0 saturated carbocycles. The van der Waals surface area contributed by atoms with Crippen LogP contribution in [0.3, 0.4) is 0 Å². The fraction of sp³-hybridized carbons (Fsp3) is 0.588. The summed E-state index contributed by atoms with van der Waals surface area (Å²) >= 11 is 1.72. The number of benzene rings is 1. The van der Waals surface area contributed by atoms with Crippen LogP contribution in [0, 0.1) is 11.8 Å². The maximum atomic E-state index is 12.1. The molecule has 2 atom stereocenters. The normalized spacial score (nSPS) is 14.0. The van der Waals surface area contributed by atoms with Crippen LogP contribution in [-0.2, 0) is 4.79 Å². The van der Waals surface area contributed by atoms with Crippen LogP contribution in [0.25, 0.3) is 0 Å². The van der Waals surface area contributed by atoms with E-state index in [-0.39, 0.29) is 17.9 Å². The van der Waals surface area contributed by atoms with Crippen LogP contribution < -0.4 is 11.1 Å². The minimum atomic E-state index is 0.0332. The van der Waals surface area contributed by atoms with E-state index in [0.29, 0.717) is 18.9 Å². The minimum absolute atomic E-state index is 0.0332. The van der Waals surface area contributed by atoms with Crippen molar-refractivity contribution < 1.29 is 4.79 Å². The smallest absolute Gasteiger partial charge is 0.220 e. The Kier molecular flexibility index (Phi) is 7.83. The summed E-state index contributed by atoms with van der Waals surface area (Å²) in [5.41, 5.74) is 6.89. The second kappa shape index (κ2) is 9.11. The van der Waals surface area contributed by atoms with Crippen molar-refractivity contribution in [3.63, 3.8) is 0 Å². The summed E-state index contributed by atoms with van der Waals surface area (Å²) in [6.07, 6.45) is 3.57. The molecule has 1 aromatic carbocycles. The molecule has 0 aliphatic heterocycles. The number of rotatable bonds is 8. The highest BCUT2D eigenvalue weighted by atomic mass is 32.2. The summed E-state index contributed by atoms with van der Waals surface area (Å²) in [6, 6.07) is 8.36. The van der Waals surface area contributed by atoms with E-state index in [1.165, 1.54) is 4.90 Å². The average molecular weight is 308 g/mol. The molecule has 0 aliphatic rings. The van der Waals surface area contributed by atoms with E-state index in [0.717, 1.165) is 12.0 Å². The molecule has 1 unspecified atom stereocenters. The zero-order valence-corrected chi connectivity index (χ0v) is 14.4. The number of carbonyl (C=O) groups is 1. The van der Waals surface area contributed by atoms with Gasteiger partial charge in [-0.3, -0.25) is 4.79 Å². The molecule has 0 fully saturated rings. The quantitative estimate of drug-likeness (QED) is 0.722. The number of nitrogens with two attached hydrogens (primary N) is 1. The molecule has 3 N–H and O–H groups in total. The van der Waals surface area contributed by atoms with Crippen LogP contribution in [-0.4, -0.2) is 18.7 Å². The Morgan fingerprint density at radius 1 is 1.24 bits per heavy atom. The number of amides is 1. The third-order valence-corrected chi connectivity index (χ3v) is 4.35. The topological polar surface area (TPSA) is 55.1 Å². The van der Waals surface area contributed by atoms with E-state index in [2.05, 4.69) is 49.7 Å². The maximum absolute atomic E-state index is 12.1. The van der Waals surface area contributed by atoms with Gasteiger partial charge in [0.1, 0.15) is 0 Å². The van der Waals surface area contributed by atoms with Gasteiger partial charge in [0.25, 0.3) is 0 Å². The molecule has 0 radical (unpaired) electrons. The standard InChI is InChI=1S/C17H28N2OS/c1-12(2)9-14(11-18)10-17(20)19-13(3)15-5-7-16(21-4)8-6-15/h5-8,12-14H,9-11,18H2,1-4H3,(H,19,20)/t13?,14-/m0/s1. The zero-order chi connectivity index (χ0) is 15.8. The van der Waals surface area contributed by atoms with E-state index >= 15 is 0 Å². The summed E-state index contributed by atoms with van der Waals surface area (Å²) in [6.45, 7) is 6.92. The van der Waals surface area contributed by atoms with Crippen LogP contribution >= 0.6 is 11.8 Å². The first kappa shape index (κ1) is 18.1. The first-order valence-electron chi connectivity index (χ1n) is 7.59. The molecule has 1 aromatic rings. The van der Waals surface area contributed by atoms with Gasteiger partial charge in [-0.25, -0.2) is 0 Å². The Balaban J connectivity index is 2.52. The van der Waals surface area contributed by atoms with Gasteiger partial charge in [-0.1, -0.05) is 26.0 Å². The Labute approximate surface area is 133 Å². The van der Waals surface area contributed by atoms with Crippen LogP contribution in [0.1, 0.15) is 45.2 Å². The van der Waals surface area contributed by atoms with Crippen LogP contribution in [0.5, 0.6) is 0 Å². The predicted molar refractivity (Wildman–Crippen MR) is 91.4 cm³/mol. The van der Waals surface area contributed by atoms with Gasteiger partial charge in [0.05, 0.1) is 6.04 Å². The number of hydrogen-bond acceptors (Lipinski definition) is 3. The molecule has 3 nitrogen and oxygen atoms in total. The predicted octanol–water partition coefficient (Wildman–Crippen LogP) is 3.60. The molecule has 0 heterocycles. The van der Waals surface area contributed by atoms with Crippen molar-refractivity contribution in [1.29, 1.82) is 0 Å². The van der Waals surface area contributed by atoms with E-state index in [1.807, 2.05) is 6.92 Å². The molecule has 0 aliphatic carbocycles. The van der Waals surface area contributed by atoms with Gasteiger partial charge < -0.3 is 11.1 Å². The molecule has 118 valence electrons. The fourth-order valence-electron chi connectivity index (χ4n) is 2.47. The molecule has 1 rings (SSSR count). The van der Waals surface area contributed by atoms with Gasteiger partial charge in [-0.15, -0.1) is 11.8 Å². The highest BCUT2D eigenvalue weighted by Gasteiger charge is 2.16. The zero-order valence-electron chi connectivity index (χ0n) is 13.6. The second-order valence-corrected chi connectivity index (χ2v) is 6.88. The lowest BCUT2D eigenvalue weighted by Crippen LogP contribution is -2.30. The Morgan fingerprint density at radius 2 is 1.86 bits per heavy atom. The largest absolute Gasteiger partial charge is 0.350 e. The first-order valence-corrected chi connectivity index (χ1v) is 8.82. The van der Waals surface area contributed by atoms with Crippen LogP contribution in [0.4, 0.5) is 0 Å². The van der Waals surface area contributed by atoms with Gasteiger partial charge in [0.2, 0.25) is 5.91 Å². The van der Waals surface area contributed by atoms with Crippen LogP contribution in [0.15, 0.2) is 29.2 Å². The Bertz CT molecular complexity index is 431. The molecular formula is C17H28N2OS. The molecular weight excluding hydrogens is 280 g/mol. The summed E-state index contributed by atoms with van der Waals surface area (Å²) in [4.78, 5) is 13.4. The number of carbonyl (C=O) groups excluding carboxylic acids is 1. The third-order valence-electron chi connectivity index (χ3n) is 3.61. The molecule has 0 bridgehead atoms. The van der Waals surface area contributed by atoms with Crippen molar-refractivity contribution in [2.24, 2.45) is 17.6 Å². The van der Waals surface area contributed by atoms with Gasteiger partial charge in [0, 0.05) is 11.3 Å². The first-order chi connectivity index (χ1) is 9.96. The highest BCUT2D eigenvalue weighted by molar-refractivity contribution is 7.98. The summed E-state index contributed by atoms with van der Waals surface area (Å²) in [5.74, 6) is 0.937. The SMILES string of the molecule is CSc1ccc(C(C)NC(=O)C[C@@H](CN)CC(C)C)cc1. The van der Waals surface area contributed by atoms with Crippen molar-refractivity contribution in [2.75, 3.05) is 12.8 Å². The molecule has 0 saturated heterocycles. The molecule has 0 aromatic heterocycles. The lowest BCUT2D eigenvalue weighted by Gasteiger charge is -2.19. The number of nitrogens with one attached hydrogen (secondary N) is 1. The average Bonchev–Trinajstić information content (AvgIpc) is 2.45. The van der Waals surface area contributed by atoms with Crippen LogP contribution in [0.2, 0.25) is 0 Å². The monoisotopic (exact) mass is 308 g/mol. The lowest BCUT2D eigenvalue weighted by molar-refractivity contribution is -0.122. The van der Waals surface area contributed by atoms with E-state index < -0.39 is 0 Å². The Hall–Kier alpha value is -1.00. The number of hydrogen-bond donors (Lipinski definition) is 2. The molecule has 0 spiro atoms. The van der Waals surface area contributed by atoms with E-state index in [4.69, 9.17) is 5.73 Å². The summed E-state index contributed by atoms with van der Waals surface area (Å²) in [7, 11) is 0. The summed E-state index contributed by atoms with van der Waals surface area (Å²) in [5, 5.41) is 3.07. The second-order valence-electron chi connectivity index (χ2n) is 6.00. The van der Waals surface area contributed by atoms with Crippen molar-refractivity contribution in [2.45, 2.75) is 44.6 Å². The molecule has 4 heteroatoms. The minimum Gasteiger partial charge on any atom is -0.350 e. The van der Waals surface area contributed by atoms with Crippen molar-refractivity contribution >= 4 is 17.7 Å². The van der Waals surface area contributed by atoms with Gasteiger partial charge in [0.15, 0.2) is 0 Å². The third kappa shape index (κ3) is 6.53. The number of thioether (sulfide) groups is 1. The Morgan fingerprint density at radius 3 is 2.33 bits per heavy atom. The van der Waals surface area contributed by atoms with Gasteiger partial charge in [-0.05, 0) is 55.7 Å². The van der Waals surface area contributed by atoms with Crippen molar-refractivity contribution in [3.05, 3.63) is 29.8 Å². The molecule has 1 amide bonds. The van der Waals surface area contributed by atoms with Crippen molar-refractivity contribution in [1.82, 2.24) is 5.32 Å².